The zero-order valence-electron chi connectivity index (χ0n) is 13.1. The molecule has 0 spiro atoms. The van der Waals surface area contributed by atoms with Crippen molar-refractivity contribution in [3.8, 4) is 0 Å². The summed E-state index contributed by atoms with van der Waals surface area (Å²) in [6.45, 7) is 2.55. The second-order valence-electron chi connectivity index (χ2n) is 5.24. The highest BCUT2D eigenvalue weighted by atomic mass is 32.2. The van der Waals surface area contributed by atoms with Crippen molar-refractivity contribution in [2.24, 2.45) is 0 Å². The molecule has 3 rings (SSSR count). The van der Waals surface area contributed by atoms with Crippen molar-refractivity contribution in [1.29, 1.82) is 0 Å². The number of aromatic nitrogens is 1. The smallest absolute Gasteiger partial charge is 0.272 e. The molecule has 0 fully saturated rings. The molecule has 7 heteroatoms. The zero-order valence-corrected chi connectivity index (χ0v) is 14.7. The predicted octanol–water partition coefficient (Wildman–Crippen LogP) is 3.86. The van der Waals surface area contributed by atoms with Crippen molar-refractivity contribution in [3.63, 3.8) is 0 Å². The predicted molar refractivity (Wildman–Crippen MR) is 97.9 cm³/mol. The molecule has 0 radical (unpaired) electrons. The van der Waals surface area contributed by atoms with E-state index in [0.29, 0.717) is 12.4 Å². The Morgan fingerprint density at radius 3 is 2.46 bits per heavy atom. The molecule has 124 valence electrons. The first kappa shape index (κ1) is 16.5. The topological polar surface area (TPSA) is 71.1 Å². The molecule has 0 amide bonds. The molecule has 0 unspecified atom stereocenters. The van der Waals surface area contributed by atoms with Crippen molar-refractivity contribution < 1.29 is 8.42 Å². The highest BCUT2D eigenvalue weighted by Crippen LogP contribution is 2.23. The van der Waals surface area contributed by atoms with Gasteiger partial charge in [-0.1, -0.05) is 30.3 Å². The van der Waals surface area contributed by atoms with Gasteiger partial charge in [-0.3, -0.25) is 4.72 Å². The number of pyridine rings is 1. The Balaban J connectivity index is 1.64. The quantitative estimate of drug-likeness (QED) is 0.701. The Hall–Kier alpha value is -2.38. The third-order valence-electron chi connectivity index (χ3n) is 3.32. The second-order valence-corrected chi connectivity index (χ2v) is 8.44. The minimum Gasteiger partial charge on any atom is -0.380 e. The van der Waals surface area contributed by atoms with E-state index in [2.05, 4.69) is 15.0 Å². The first-order valence-corrected chi connectivity index (χ1v) is 9.66. The first-order valence-electron chi connectivity index (χ1n) is 7.36. The summed E-state index contributed by atoms with van der Waals surface area (Å²) in [5, 5.41) is 3.25. The molecule has 2 heterocycles. The summed E-state index contributed by atoms with van der Waals surface area (Å²) >= 11 is 1.23. The number of aryl methyl sites for hydroxylation is 1. The van der Waals surface area contributed by atoms with Gasteiger partial charge >= 0.3 is 0 Å². The minimum absolute atomic E-state index is 0.285. The minimum atomic E-state index is -3.58. The van der Waals surface area contributed by atoms with Crippen LogP contribution in [0.25, 0.3) is 0 Å². The molecule has 3 aromatic rings. The van der Waals surface area contributed by atoms with Crippen LogP contribution in [0.1, 0.15) is 10.4 Å². The molecule has 24 heavy (non-hydrogen) atoms. The Labute approximate surface area is 145 Å². The Morgan fingerprint density at radius 1 is 1.04 bits per heavy atom. The summed E-state index contributed by atoms with van der Waals surface area (Å²) in [5.74, 6) is 0.298. The lowest BCUT2D eigenvalue weighted by molar-refractivity contribution is 0.603. The van der Waals surface area contributed by atoms with Gasteiger partial charge in [0.05, 0.1) is 11.9 Å². The van der Waals surface area contributed by atoms with Gasteiger partial charge in [0.2, 0.25) is 0 Å². The van der Waals surface area contributed by atoms with Gasteiger partial charge in [0.15, 0.2) is 0 Å². The molecule has 0 saturated carbocycles. The monoisotopic (exact) mass is 359 g/mol. The molecule has 2 aromatic heterocycles. The molecular formula is C17H17N3O2S2. The Bertz CT molecular complexity index is 905. The van der Waals surface area contributed by atoms with Crippen molar-refractivity contribution in [3.05, 3.63) is 71.2 Å². The van der Waals surface area contributed by atoms with Crippen LogP contribution in [0.3, 0.4) is 0 Å². The largest absolute Gasteiger partial charge is 0.380 e. The van der Waals surface area contributed by atoms with Gasteiger partial charge in [0, 0.05) is 11.4 Å². The number of anilines is 2. The molecule has 0 saturated heterocycles. The number of hydrogen-bond donors (Lipinski definition) is 2. The van der Waals surface area contributed by atoms with Crippen LogP contribution in [0.15, 0.2) is 65.0 Å². The van der Waals surface area contributed by atoms with Crippen LogP contribution in [-0.2, 0) is 16.6 Å². The summed E-state index contributed by atoms with van der Waals surface area (Å²) in [6, 6.07) is 16.8. The van der Waals surface area contributed by atoms with E-state index in [0.717, 1.165) is 16.1 Å². The van der Waals surface area contributed by atoms with E-state index in [1.54, 1.807) is 30.5 Å². The average Bonchev–Trinajstić information content (AvgIpc) is 3.02. The van der Waals surface area contributed by atoms with E-state index in [1.807, 2.05) is 37.3 Å². The highest BCUT2D eigenvalue weighted by molar-refractivity contribution is 7.94. The lowest BCUT2D eigenvalue weighted by Gasteiger charge is -2.08. The van der Waals surface area contributed by atoms with Crippen LogP contribution < -0.4 is 10.0 Å². The molecule has 0 aliphatic rings. The van der Waals surface area contributed by atoms with E-state index < -0.39 is 10.0 Å². The molecule has 5 nitrogen and oxygen atoms in total. The molecule has 1 aromatic carbocycles. The van der Waals surface area contributed by atoms with Crippen LogP contribution in [0.4, 0.5) is 11.5 Å². The van der Waals surface area contributed by atoms with Crippen LogP contribution in [0.5, 0.6) is 0 Å². The van der Waals surface area contributed by atoms with Gasteiger partial charge in [-0.15, -0.1) is 11.3 Å². The van der Waals surface area contributed by atoms with Crippen molar-refractivity contribution >= 4 is 32.9 Å². The van der Waals surface area contributed by atoms with E-state index >= 15 is 0 Å². The number of thiophene rings is 1. The molecular weight excluding hydrogens is 342 g/mol. The van der Waals surface area contributed by atoms with Crippen LogP contribution in [-0.4, -0.2) is 13.4 Å². The molecule has 0 aliphatic carbocycles. The number of nitrogens with one attached hydrogen (secondary N) is 2. The van der Waals surface area contributed by atoms with Crippen LogP contribution >= 0.6 is 11.3 Å². The molecule has 0 aliphatic heterocycles. The lowest BCUT2D eigenvalue weighted by atomic mass is 10.2. The van der Waals surface area contributed by atoms with Gasteiger partial charge in [0.25, 0.3) is 10.0 Å². The standard InChI is InChI=1S/C17H17N3O2S2/c1-13-7-10-17(23-13)24(21,22)20-16-9-8-15(12-19-16)18-11-14-5-3-2-4-6-14/h2-10,12,18H,11H2,1H3,(H,19,20). The second kappa shape index (κ2) is 7.02. The van der Waals surface area contributed by atoms with Gasteiger partial charge in [0.1, 0.15) is 10.0 Å². The maximum atomic E-state index is 12.3. The maximum absolute atomic E-state index is 12.3. The Kier molecular flexibility index (Phi) is 4.82. The SMILES string of the molecule is Cc1ccc(S(=O)(=O)Nc2ccc(NCc3ccccc3)cn2)s1. The van der Waals surface area contributed by atoms with Gasteiger partial charge in [-0.05, 0) is 36.8 Å². The lowest BCUT2D eigenvalue weighted by Crippen LogP contribution is -2.12. The maximum Gasteiger partial charge on any atom is 0.272 e. The normalized spacial score (nSPS) is 11.2. The Morgan fingerprint density at radius 2 is 1.83 bits per heavy atom. The number of nitrogens with zero attached hydrogens (tertiary/aromatic N) is 1. The van der Waals surface area contributed by atoms with Gasteiger partial charge in [-0.25, -0.2) is 13.4 Å². The number of hydrogen-bond acceptors (Lipinski definition) is 5. The van der Waals surface area contributed by atoms with E-state index in [-0.39, 0.29) is 4.21 Å². The van der Waals surface area contributed by atoms with E-state index in [4.69, 9.17) is 0 Å². The average molecular weight is 359 g/mol. The fourth-order valence-corrected chi connectivity index (χ4v) is 4.39. The summed E-state index contributed by atoms with van der Waals surface area (Å²) < 4.78 is 27.3. The number of rotatable bonds is 6. The van der Waals surface area contributed by atoms with Crippen LogP contribution in [0, 0.1) is 6.92 Å². The molecule has 0 atom stereocenters. The third kappa shape index (κ3) is 4.12. The zero-order chi connectivity index (χ0) is 17.0. The fraction of sp³-hybridized carbons (Fsp3) is 0.118. The number of benzene rings is 1. The van der Waals surface area contributed by atoms with E-state index in [1.165, 1.54) is 11.3 Å². The summed E-state index contributed by atoms with van der Waals surface area (Å²) in [7, 11) is -3.58. The van der Waals surface area contributed by atoms with Gasteiger partial charge in [-0.2, -0.15) is 0 Å². The summed E-state index contributed by atoms with van der Waals surface area (Å²) in [6.07, 6.45) is 1.61. The van der Waals surface area contributed by atoms with Gasteiger partial charge < -0.3 is 5.32 Å². The summed E-state index contributed by atoms with van der Waals surface area (Å²) in [5.41, 5.74) is 1.99. The number of sulfonamides is 1. The van der Waals surface area contributed by atoms with Crippen molar-refractivity contribution in [1.82, 2.24) is 4.98 Å². The molecule has 0 bridgehead atoms. The first-order chi connectivity index (χ1) is 11.5. The summed E-state index contributed by atoms with van der Waals surface area (Å²) in [4.78, 5) is 5.11. The van der Waals surface area contributed by atoms with E-state index in [9.17, 15) is 8.42 Å². The molecule has 2 N–H and O–H groups in total. The third-order valence-corrected chi connectivity index (χ3v) is 6.17. The van der Waals surface area contributed by atoms with Crippen molar-refractivity contribution in [2.45, 2.75) is 17.7 Å². The van der Waals surface area contributed by atoms with Crippen LogP contribution in [0.2, 0.25) is 0 Å². The fourth-order valence-electron chi connectivity index (χ4n) is 2.10. The highest BCUT2D eigenvalue weighted by Gasteiger charge is 2.16. The van der Waals surface area contributed by atoms with Crippen molar-refractivity contribution in [2.75, 3.05) is 10.0 Å².